The fourth-order valence-corrected chi connectivity index (χ4v) is 1.09. The number of hydrogen-bond acceptors (Lipinski definition) is 4. The minimum absolute atomic E-state index is 0.402. The van der Waals surface area contributed by atoms with Crippen LogP contribution < -0.4 is 4.74 Å². The van der Waals surface area contributed by atoms with Crippen molar-refractivity contribution in [3.63, 3.8) is 0 Å². The molecule has 1 aromatic carbocycles. The quantitative estimate of drug-likeness (QED) is 0.322. The average Bonchev–Trinajstić information content (AvgIpc) is 2.30. The molecule has 88 valence electrons. The second-order valence-corrected chi connectivity index (χ2v) is 3.04. The van der Waals surface area contributed by atoms with Gasteiger partial charge in [0.1, 0.15) is 12.4 Å². The molecule has 0 radical (unpaired) electrons. The molecule has 0 aliphatic carbocycles. The summed E-state index contributed by atoms with van der Waals surface area (Å²) in [6, 6.07) is 9.59. The molecule has 0 saturated heterocycles. The van der Waals surface area contributed by atoms with E-state index in [1.54, 1.807) is 6.92 Å². The lowest BCUT2D eigenvalue weighted by Crippen LogP contribution is -2.06. The van der Waals surface area contributed by atoms with Crippen LogP contribution in [0.3, 0.4) is 0 Å². The number of hydrogen-bond donors (Lipinski definition) is 0. The van der Waals surface area contributed by atoms with Crippen LogP contribution in [0.1, 0.15) is 13.8 Å². The zero-order valence-electron chi connectivity index (χ0n) is 9.68. The molecule has 4 nitrogen and oxygen atoms in total. The van der Waals surface area contributed by atoms with Crippen LogP contribution >= 0.6 is 0 Å². The fraction of sp³-hybridized carbons (Fsp3) is 0.417. The Hall–Kier alpha value is -1.71. The molecule has 0 amide bonds. The molecule has 0 heterocycles. The second-order valence-electron chi connectivity index (χ2n) is 3.04. The van der Waals surface area contributed by atoms with Gasteiger partial charge in [0.15, 0.2) is 6.61 Å². The van der Waals surface area contributed by atoms with Crippen molar-refractivity contribution in [2.45, 2.75) is 13.8 Å². The van der Waals surface area contributed by atoms with Gasteiger partial charge in [-0.1, -0.05) is 23.4 Å². The maximum absolute atomic E-state index is 5.41. The molecule has 0 fully saturated rings. The molecule has 0 saturated carbocycles. The lowest BCUT2D eigenvalue weighted by molar-refractivity contribution is 0.0993. The zero-order valence-corrected chi connectivity index (χ0v) is 9.68. The molecule has 1 aromatic rings. The maximum Gasteiger partial charge on any atom is 0.222 e. The molecule has 0 aromatic heterocycles. The van der Waals surface area contributed by atoms with Crippen molar-refractivity contribution < 1.29 is 14.3 Å². The molecule has 0 bridgehead atoms. The minimum Gasteiger partial charge on any atom is -0.490 e. The van der Waals surface area contributed by atoms with E-state index in [-0.39, 0.29) is 0 Å². The fourth-order valence-electron chi connectivity index (χ4n) is 1.09. The summed E-state index contributed by atoms with van der Waals surface area (Å²) < 4.78 is 10.5. The highest BCUT2D eigenvalue weighted by Crippen LogP contribution is 2.07. The van der Waals surface area contributed by atoms with E-state index in [1.165, 1.54) is 0 Å². The number of para-hydroxylation sites is 1. The molecule has 0 unspecified atom stereocenters. The molecular weight excluding hydrogens is 206 g/mol. The Kier molecular flexibility index (Phi) is 5.84. The van der Waals surface area contributed by atoms with Gasteiger partial charge in [-0.25, -0.2) is 0 Å². The van der Waals surface area contributed by atoms with E-state index >= 15 is 0 Å². The molecule has 0 spiro atoms. The molecule has 0 atom stereocenters. The first-order valence-electron chi connectivity index (χ1n) is 5.30. The summed E-state index contributed by atoms with van der Waals surface area (Å²) >= 11 is 0. The third-order valence-corrected chi connectivity index (χ3v) is 1.73. The number of rotatable bonds is 6. The van der Waals surface area contributed by atoms with Crippen LogP contribution in [0.4, 0.5) is 0 Å². The summed E-state index contributed by atoms with van der Waals surface area (Å²) in [5.74, 6) is 1.36. The van der Waals surface area contributed by atoms with E-state index in [0.29, 0.717) is 25.7 Å². The molecule has 4 heteroatoms. The summed E-state index contributed by atoms with van der Waals surface area (Å²) in [4.78, 5) is 5.01. The first-order chi connectivity index (χ1) is 7.83. The smallest absolute Gasteiger partial charge is 0.222 e. The van der Waals surface area contributed by atoms with Crippen LogP contribution in [-0.2, 0) is 9.57 Å². The van der Waals surface area contributed by atoms with Crippen LogP contribution in [0.5, 0.6) is 5.75 Å². The summed E-state index contributed by atoms with van der Waals surface area (Å²) in [7, 11) is 0. The molecule has 1 rings (SSSR count). The standard InChI is InChI=1S/C12H17NO3/c1-3-14-11(2)13-16-10-9-15-12-7-5-4-6-8-12/h4-8H,3,9-10H2,1-2H3. The normalized spacial score (nSPS) is 11.0. The van der Waals surface area contributed by atoms with Gasteiger partial charge in [-0.15, -0.1) is 0 Å². The Balaban J connectivity index is 2.11. The van der Waals surface area contributed by atoms with Gasteiger partial charge in [0.25, 0.3) is 0 Å². The molecule has 0 N–H and O–H groups in total. The van der Waals surface area contributed by atoms with Gasteiger partial charge in [-0.05, 0) is 19.1 Å². The lowest BCUT2D eigenvalue weighted by atomic mass is 10.3. The Morgan fingerprint density at radius 1 is 1.19 bits per heavy atom. The van der Waals surface area contributed by atoms with Crippen LogP contribution in [0, 0.1) is 0 Å². The summed E-state index contributed by atoms with van der Waals surface area (Å²) in [5.41, 5.74) is 0. The number of benzene rings is 1. The maximum atomic E-state index is 5.41. The Bertz CT molecular complexity index is 311. The predicted molar refractivity (Wildman–Crippen MR) is 62.6 cm³/mol. The van der Waals surface area contributed by atoms with E-state index in [2.05, 4.69) is 5.16 Å². The highest BCUT2D eigenvalue weighted by molar-refractivity contribution is 5.72. The molecule has 0 aliphatic rings. The molecule has 16 heavy (non-hydrogen) atoms. The Labute approximate surface area is 95.8 Å². The Morgan fingerprint density at radius 3 is 2.62 bits per heavy atom. The van der Waals surface area contributed by atoms with E-state index in [0.717, 1.165) is 5.75 Å². The van der Waals surface area contributed by atoms with E-state index in [4.69, 9.17) is 14.3 Å². The topological polar surface area (TPSA) is 40.0 Å². The van der Waals surface area contributed by atoms with Crippen LogP contribution in [0.2, 0.25) is 0 Å². The summed E-state index contributed by atoms with van der Waals surface area (Å²) in [5, 5.41) is 3.76. The third kappa shape index (κ3) is 5.24. The van der Waals surface area contributed by atoms with Gasteiger partial charge >= 0.3 is 0 Å². The van der Waals surface area contributed by atoms with Crippen molar-refractivity contribution in [3.8, 4) is 5.75 Å². The van der Waals surface area contributed by atoms with E-state index in [9.17, 15) is 0 Å². The van der Waals surface area contributed by atoms with Crippen molar-refractivity contribution in [2.75, 3.05) is 19.8 Å². The molecular formula is C12H17NO3. The van der Waals surface area contributed by atoms with Gasteiger partial charge in [0.05, 0.1) is 6.61 Å². The highest BCUT2D eigenvalue weighted by atomic mass is 16.7. The number of oxime groups is 1. The van der Waals surface area contributed by atoms with Crippen LogP contribution in [0.15, 0.2) is 35.5 Å². The zero-order chi connectivity index (χ0) is 11.6. The highest BCUT2D eigenvalue weighted by Gasteiger charge is 1.92. The average molecular weight is 223 g/mol. The van der Waals surface area contributed by atoms with Crippen LogP contribution in [-0.4, -0.2) is 25.7 Å². The Morgan fingerprint density at radius 2 is 1.94 bits per heavy atom. The van der Waals surface area contributed by atoms with Gasteiger partial charge in [-0.3, -0.25) is 0 Å². The van der Waals surface area contributed by atoms with Gasteiger partial charge in [0.2, 0.25) is 5.90 Å². The first kappa shape index (κ1) is 12.4. The largest absolute Gasteiger partial charge is 0.490 e. The van der Waals surface area contributed by atoms with Crippen LogP contribution in [0.25, 0.3) is 0 Å². The summed E-state index contributed by atoms with van der Waals surface area (Å²) in [6.07, 6.45) is 0. The minimum atomic E-state index is 0.402. The summed E-state index contributed by atoms with van der Waals surface area (Å²) in [6.45, 7) is 5.12. The van der Waals surface area contributed by atoms with Gasteiger partial charge in [-0.2, -0.15) is 0 Å². The van der Waals surface area contributed by atoms with Crippen molar-refractivity contribution >= 4 is 5.90 Å². The van der Waals surface area contributed by atoms with Crippen molar-refractivity contribution in [1.29, 1.82) is 0 Å². The monoisotopic (exact) mass is 223 g/mol. The second kappa shape index (κ2) is 7.56. The van der Waals surface area contributed by atoms with Crippen molar-refractivity contribution in [3.05, 3.63) is 30.3 Å². The third-order valence-electron chi connectivity index (χ3n) is 1.73. The number of nitrogens with zero attached hydrogens (tertiary/aromatic N) is 1. The number of ether oxygens (including phenoxy) is 2. The van der Waals surface area contributed by atoms with Crippen molar-refractivity contribution in [1.82, 2.24) is 0 Å². The van der Waals surface area contributed by atoms with Gasteiger partial charge in [0, 0.05) is 6.92 Å². The molecule has 0 aliphatic heterocycles. The lowest BCUT2D eigenvalue weighted by Gasteiger charge is -2.05. The SMILES string of the molecule is CCOC(C)=NOCCOc1ccccc1. The first-order valence-corrected chi connectivity index (χ1v) is 5.30. The van der Waals surface area contributed by atoms with Gasteiger partial charge < -0.3 is 14.3 Å². The van der Waals surface area contributed by atoms with E-state index in [1.807, 2.05) is 37.3 Å². The van der Waals surface area contributed by atoms with Crippen molar-refractivity contribution in [2.24, 2.45) is 5.16 Å². The van der Waals surface area contributed by atoms with E-state index < -0.39 is 0 Å². The predicted octanol–water partition coefficient (Wildman–Crippen LogP) is 2.45.